The Bertz CT molecular complexity index is 677. The minimum atomic E-state index is -1.68. The van der Waals surface area contributed by atoms with Crippen molar-refractivity contribution in [2.24, 2.45) is 0 Å². The molecule has 0 aliphatic carbocycles. The van der Waals surface area contributed by atoms with Gasteiger partial charge in [-0.3, -0.25) is 4.79 Å². The molecule has 0 aliphatic heterocycles. The van der Waals surface area contributed by atoms with Crippen LogP contribution in [0.2, 0.25) is 0 Å². The van der Waals surface area contributed by atoms with Crippen molar-refractivity contribution in [2.45, 2.75) is 18.9 Å². The number of benzene rings is 2. The van der Waals surface area contributed by atoms with Gasteiger partial charge in [-0.05, 0) is 30.5 Å². The van der Waals surface area contributed by atoms with Gasteiger partial charge in [0.25, 0.3) is 5.91 Å². The number of carbonyl (C=O) groups excluding carboxylic acids is 1. The van der Waals surface area contributed by atoms with E-state index in [4.69, 9.17) is 5.11 Å². The van der Waals surface area contributed by atoms with E-state index in [9.17, 15) is 18.0 Å². The number of aliphatic hydroxyl groups excluding tert-OH is 1. The van der Waals surface area contributed by atoms with Crippen LogP contribution in [0.4, 0.5) is 13.2 Å². The molecule has 122 valence electrons. The summed E-state index contributed by atoms with van der Waals surface area (Å²) in [5.41, 5.74) is 0.214. The molecular weight excluding hydrogens is 307 g/mol. The Labute approximate surface area is 131 Å². The topological polar surface area (TPSA) is 49.3 Å². The van der Waals surface area contributed by atoms with Gasteiger partial charge in [-0.1, -0.05) is 30.3 Å². The lowest BCUT2D eigenvalue weighted by molar-refractivity contribution is 0.0927. The predicted octanol–water partition coefficient (Wildman–Crippen LogP) is 3.35. The summed E-state index contributed by atoms with van der Waals surface area (Å²) in [5, 5.41) is 11.6. The average Bonchev–Trinajstić information content (AvgIpc) is 2.57. The highest BCUT2D eigenvalue weighted by Crippen LogP contribution is 2.20. The summed E-state index contributed by atoms with van der Waals surface area (Å²) < 4.78 is 39.9. The lowest BCUT2D eigenvalue weighted by Gasteiger charge is -2.19. The highest BCUT2D eigenvalue weighted by molar-refractivity contribution is 5.94. The summed E-state index contributed by atoms with van der Waals surface area (Å²) in [7, 11) is 0. The van der Waals surface area contributed by atoms with Crippen LogP contribution >= 0.6 is 0 Å². The fraction of sp³-hybridized carbons (Fsp3) is 0.235. The van der Waals surface area contributed by atoms with Crippen molar-refractivity contribution < 1.29 is 23.1 Å². The maximum absolute atomic E-state index is 13.7. The summed E-state index contributed by atoms with van der Waals surface area (Å²) in [6.07, 6.45) is 0.859. The molecule has 0 radical (unpaired) electrons. The zero-order valence-corrected chi connectivity index (χ0v) is 12.2. The van der Waals surface area contributed by atoms with Gasteiger partial charge in [-0.2, -0.15) is 0 Å². The highest BCUT2D eigenvalue weighted by atomic mass is 19.2. The summed E-state index contributed by atoms with van der Waals surface area (Å²) in [4.78, 5) is 12.2. The molecule has 0 fully saturated rings. The smallest absolute Gasteiger partial charge is 0.254 e. The third-order valence-electron chi connectivity index (χ3n) is 3.44. The monoisotopic (exact) mass is 323 g/mol. The Morgan fingerprint density at radius 1 is 1.04 bits per heavy atom. The van der Waals surface area contributed by atoms with E-state index in [2.05, 4.69) is 5.32 Å². The largest absolute Gasteiger partial charge is 0.396 e. The van der Waals surface area contributed by atoms with Gasteiger partial charge < -0.3 is 10.4 Å². The van der Waals surface area contributed by atoms with Crippen molar-refractivity contribution in [3.63, 3.8) is 0 Å². The second-order valence-corrected chi connectivity index (χ2v) is 5.03. The van der Waals surface area contributed by atoms with E-state index in [1.807, 2.05) is 6.07 Å². The molecule has 0 heterocycles. The molecule has 1 atom stereocenters. The SMILES string of the molecule is O=C(NC(CCCO)c1ccccc1)c1ccc(F)c(F)c1F. The maximum Gasteiger partial charge on any atom is 0.254 e. The molecule has 0 bridgehead atoms. The van der Waals surface area contributed by atoms with Crippen molar-refractivity contribution >= 4 is 5.91 Å². The van der Waals surface area contributed by atoms with E-state index in [1.54, 1.807) is 24.3 Å². The van der Waals surface area contributed by atoms with Gasteiger partial charge in [0, 0.05) is 6.61 Å². The third kappa shape index (κ3) is 4.10. The Kier molecular flexibility index (Phi) is 5.76. The molecule has 0 aromatic heterocycles. The Morgan fingerprint density at radius 2 is 1.74 bits per heavy atom. The minimum absolute atomic E-state index is 0.0568. The highest BCUT2D eigenvalue weighted by Gasteiger charge is 2.21. The Morgan fingerprint density at radius 3 is 2.39 bits per heavy atom. The van der Waals surface area contributed by atoms with E-state index in [1.165, 1.54) is 0 Å². The number of nitrogens with one attached hydrogen (secondary N) is 1. The quantitative estimate of drug-likeness (QED) is 0.801. The molecule has 2 aromatic rings. The molecule has 0 spiro atoms. The molecule has 2 aromatic carbocycles. The number of carbonyl (C=O) groups is 1. The van der Waals surface area contributed by atoms with Gasteiger partial charge in [0.05, 0.1) is 11.6 Å². The van der Waals surface area contributed by atoms with Crippen LogP contribution in [0.15, 0.2) is 42.5 Å². The molecule has 0 saturated heterocycles. The van der Waals surface area contributed by atoms with Crippen LogP contribution in [0.25, 0.3) is 0 Å². The van der Waals surface area contributed by atoms with Crippen LogP contribution in [0.5, 0.6) is 0 Å². The number of hydrogen-bond acceptors (Lipinski definition) is 2. The zero-order valence-electron chi connectivity index (χ0n) is 12.2. The molecule has 3 nitrogen and oxygen atoms in total. The van der Waals surface area contributed by atoms with Crippen LogP contribution in [0.3, 0.4) is 0 Å². The fourth-order valence-electron chi connectivity index (χ4n) is 2.24. The molecule has 0 aliphatic rings. The van der Waals surface area contributed by atoms with E-state index in [0.717, 1.165) is 11.6 Å². The van der Waals surface area contributed by atoms with Crippen molar-refractivity contribution in [3.8, 4) is 0 Å². The fourth-order valence-corrected chi connectivity index (χ4v) is 2.24. The number of aliphatic hydroxyl groups is 1. The van der Waals surface area contributed by atoms with E-state index >= 15 is 0 Å². The first-order chi connectivity index (χ1) is 11.0. The van der Waals surface area contributed by atoms with Gasteiger partial charge in [0.15, 0.2) is 17.5 Å². The Hall–Kier alpha value is -2.34. The number of hydrogen-bond donors (Lipinski definition) is 2. The lowest BCUT2D eigenvalue weighted by atomic mass is 10.0. The first-order valence-electron chi connectivity index (χ1n) is 7.14. The first-order valence-corrected chi connectivity index (χ1v) is 7.14. The summed E-state index contributed by atoms with van der Waals surface area (Å²) in [6, 6.07) is 10.1. The van der Waals surface area contributed by atoms with Crippen LogP contribution < -0.4 is 5.32 Å². The number of amides is 1. The van der Waals surface area contributed by atoms with Gasteiger partial charge in [0.1, 0.15) is 0 Å². The first kappa shape index (κ1) is 17.0. The molecule has 0 saturated carbocycles. The summed E-state index contributed by atoms with van der Waals surface area (Å²) in [5.74, 6) is -5.38. The second-order valence-electron chi connectivity index (χ2n) is 5.03. The molecule has 2 rings (SSSR count). The van der Waals surface area contributed by atoms with Crippen molar-refractivity contribution in [1.82, 2.24) is 5.32 Å². The minimum Gasteiger partial charge on any atom is -0.396 e. The predicted molar refractivity (Wildman–Crippen MR) is 79.3 cm³/mol. The molecule has 6 heteroatoms. The summed E-state index contributed by atoms with van der Waals surface area (Å²) >= 11 is 0. The standard InChI is InChI=1S/C17H16F3NO2/c18-13-9-8-12(15(19)16(13)20)17(23)21-14(7-4-10-22)11-5-2-1-3-6-11/h1-3,5-6,8-9,14,22H,4,7,10H2,(H,21,23). The molecule has 23 heavy (non-hydrogen) atoms. The third-order valence-corrected chi connectivity index (χ3v) is 3.44. The van der Waals surface area contributed by atoms with E-state index in [0.29, 0.717) is 18.9 Å². The maximum atomic E-state index is 13.7. The van der Waals surface area contributed by atoms with Crippen LogP contribution in [0.1, 0.15) is 34.8 Å². The lowest BCUT2D eigenvalue weighted by Crippen LogP contribution is -2.29. The van der Waals surface area contributed by atoms with Gasteiger partial charge >= 0.3 is 0 Å². The van der Waals surface area contributed by atoms with Crippen LogP contribution in [0, 0.1) is 17.5 Å². The van der Waals surface area contributed by atoms with Crippen LogP contribution in [-0.2, 0) is 0 Å². The van der Waals surface area contributed by atoms with Gasteiger partial charge in [0.2, 0.25) is 0 Å². The number of halogens is 3. The van der Waals surface area contributed by atoms with Crippen molar-refractivity contribution in [2.75, 3.05) is 6.61 Å². The van der Waals surface area contributed by atoms with Crippen molar-refractivity contribution in [1.29, 1.82) is 0 Å². The summed E-state index contributed by atoms with van der Waals surface area (Å²) in [6.45, 7) is -0.0568. The normalized spacial score (nSPS) is 12.0. The van der Waals surface area contributed by atoms with Crippen molar-refractivity contribution in [3.05, 3.63) is 71.0 Å². The van der Waals surface area contributed by atoms with Gasteiger partial charge in [-0.15, -0.1) is 0 Å². The average molecular weight is 323 g/mol. The molecule has 1 amide bonds. The Balaban J connectivity index is 2.22. The molecule has 2 N–H and O–H groups in total. The molecule has 1 unspecified atom stereocenters. The number of rotatable bonds is 6. The molecular formula is C17H16F3NO2. The van der Waals surface area contributed by atoms with Crippen LogP contribution in [-0.4, -0.2) is 17.6 Å². The van der Waals surface area contributed by atoms with E-state index < -0.39 is 35.0 Å². The van der Waals surface area contributed by atoms with Gasteiger partial charge in [-0.25, -0.2) is 13.2 Å². The zero-order chi connectivity index (χ0) is 16.8. The van der Waals surface area contributed by atoms with E-state index in [-0.39, 0.29) is 6.61 Å². The second kappa shape index (κ2) is 7.78.